The van der Waals surface area contributed by atoms with Gasteiger partial charge < -0.3 is 10.5 Å². The van der Waals surface area contributed by atoms with Gasteiger partial charge in [0.15, 0.2) is 0 Å². The van der Waals surface area contributed by atoms with Crippen molar-refractivity contribution in [3.05, 3.63) is 22.7 Å². The van der Waals surface area contributed by atoms with Crippen LogP contribution in [0, 0.1) is 6.92 Å². The van der Waals surface area contributed by atoms with E-state index in [1.54, 1.807) is 6.92 Å². The lowest BCUT2D eigenvalue weighted by atomic mass is 10.2. The normalized spacial score (nSPS) is 11.8. The molecular weight excluding hydrogens is 300 g/mol. The number of halogens is 1. The van der Waals surface area contributed by atoms with Crippen LogP contribution >= 0.6 is 11.6 Å². The highest BCUT2D eigenvalue weighted by molar-refractivity contribution is 7.89. The molecule has 1 aromatic rings. The van der Waals surface area contributed by atoms with Crippen LogP contribution in [0.3, 0.4) is 0 Å². The molecule has 1 aromatic carbocycles. The molecule has 7 heteroatoms. The monoisotopic (exact) mass is 320 g/mol. The minimum atomic E-state index is -3.58. The van der Waals surface area contributed by atoms with Gasteiger partial charge in [-0.25, -0.2) is 13.1 Å². The van der Waals surface area contributed by atoms with Crippen LogP contribution < -0.4 is 10.5 Å². The zero-order valence-electron chi connectivity index (χ0n) is 11.8. The Morgan fingerprint density at radius 2 is 2.05 bits per heavy atom. The van der Waals surface area contributed by atoms with Crippen molar-refractivity contribution >= 4 is 27.3 Å². The standard InChI is InChI=1S/C13H21ClN2O3S/c1-3-6-19-7-4-5-16-20(17,18)11-8-12(14)10(2)13(15)9-11/h8-9,16H,3-7,15H2,1-2H3. The lowest BCUT2D eigenvalue weighted by Gasteiger charge is -2.10. The number of sulfonamides is 1. The predicted molar refractivity (Wildman–Crippen MR) is 81.5 cm³/mol. The van der Waals surface area contributed by atoms with Crippen LogP contribution in [-0.2, 0) is 14.8 Å². The highest BCUT2D eigenvalue weighted by atomic mass is 35.5. The van der Waals surface area contributed by atoms with Crippen LogP contribution in [0.4, 0.5) is 5.69 Å². The molecule has 0 heterocycles. The van der Waals surface area contributed by atoms with Crippen LogP contribution in [0.2, 0.25) is 5.02 Å². The Bertz CT molecular complexity index is 524. The molecule has 0 amide bonds. The molecule has 0 spiro atoms. The second-order valence-corrected chi connectivity index (χ2v) is 6.66. The van der Waals surface area contributed by atoms with Gasteiger partial charge in [-0.3, -0.25) is 0 Å². The molecule has 0 aliphatic heterocycles. The fourth-order valence-electron chi connectivity index (χ4n) is 1.54. The van der Waals surface area contributed by atoms with Crippen molar-refractivity contribution in [1.29, 1.82) is 0 Å². The maximum Gasteiger partial charge on any atom is 0.240 e. The number of hydrogen-bond acceptors (Lipinski definition) is 4. The predicted octanol–water partition coefficient (Wildman–Crippen LogP) is 2.33. The lowest BCUT2D eigenvalue weighted by Crippen LogP contribution is -2.25. The van der Waals surface area contributed by atoms with Crippen molar-refractivity contribution in [2.75, 3.05) is 25.5 Å². The van der Waals surface area contributed by atoms with Gasteiger partial charge in [0.05, 0.1) is 4.90 Å². The molecule has 0 radical (unpaired) electrons. The minimum Gasteiger partial charge on any atom is -0.398 e. The summed E-state index contributed by atoms with van der Waals surface area (Å²) < 4.78 is 31.9. The molecule has 0 aromatic heterocycles. The smallest absolute Gasteiger partial charge is 0.240 e. The summed E-state index contributed by atoms with van der Waals surface area (Å²) in [5.74, 6) is 0. The molecule has 0 fully saturated rings. The quantitative estimate of drug-likeness (QED) is 0.569. The fourth-order valence-corrected chi connectivity index (χ4v) is 2.97. The first-order chi connectivity index (χ1) is 9.38. The molecule has 5 nitrogen and oxygen atoms in total. The molecule has 0 unspecified atom stereocenters. The molecule has 0 aliphatic carbocycles. The van der Waals surface area contributed by atoms with E-state index in [4.69, 9.17) is 22.1 Å². The van der Waals surface area contributed by atoms with E-state index in [-0.39, 0.29) is 4.90 Å². The topological polar surface area (TPSA) is 81.4 Å². The summed E-state index contributed by atoms with van der Waals surface area (Å²) in [6.07, 6.45) is 1.57. The van der Waals surface area contributed by atoms with Crippen molar-refractivity contribution in [2.24, 2.45) is 0 Å². The second kappa shape index (κ2) is 7.83. The summed E-state index contributed by atoms with van der Waals surface area (Å²) in [5.41, 5.74) is 6.78. The fraction of sp³-hybridized carbons (Fsp3) is 0.538. The minimum absolute atomic E-state index is 0.0834. The van der Waals surface area contributed by atoms with Crippen LogP contribution in [-0.4, -0.2) is 28.2 Å². The summed E-state index contributed by atoms with van der Waals surface area (Å²) >= 11 is 5.95. The average molecular weight is 321 g/mol. The van der Waals surface area contributed by atoms with Crippen LogP contribution in [0.25, 0.3) is 0 Å². The highest BCUT2D eigenvalue weighted by Crippen LogP contribution is 2.25. The largest absolute Gasteiger partial charge is 0.398 e. The van der Waals surface area contributed by atoms with Gasteiger partial charge in [0.1, 0.15) is 0 Å². The molecule has 0 aliphatic rings. The van der Waals surface area contributed by atoms with E-state index in [0.29, 0.717) is 42.5 Å². The third kappa shape index (κ3) is 4.94. The number of anilines is 1. The van der Waals surface area contributed by atoms with Gasteiger partial charge in [-0.2, -0.15) is 0 Å². The van der Waals surface area contributed by atoms with E-state index >= 15 is 0 Å². The van der Waals surface area contributed by atoms with E-state index in [0.717, 1.165) is 6.42 Å². The number of nitrogen functional groups attached to an aromatic ring is 1. The lowest BCUT2D eigenvalue weighted by molar-refractivity contribution is 0.133. The molecule has 0 bridgehead atoms. The van der Waals surface area contributed by atoms with E-state index in [1.807, 2.05) is 6.92 Å². The van der Waals surface area contributed by atoms with Crippen molar-refractivity contribution < 1.29 is 13.2 Å². The van der Waals surface area contributed by atoms with E-state index in [9.17, 15) is 8.42 Å². The number of benzene rings is 1. The van der Waals surface area contributed by atoms with Crippen molar-refractivity contribution in [2.45, 2.75) is 31.6 Å². The first-order valence-corrected chi connectivity index (χ1v) is 8.37. The first-order valence-electron chi connectivity index (χ1n) is 6.51. The average Bonchev–Trinajstić information content (AvgIpc) is 2.39. The summed E-state index contributed by atoms with van der Waals surface area (Å²) in [6, 6.07) is 2.82. The zero-order valence-corrected chi connectivity index (χ0v) is 13.4. The van der Waals surface area contributed by atoms with Gasteiger partial charge in [-0.05, 0) is 37.5 Å². The molecule has 20 heavy (non-hydrogen) atoms. The zero-order chi connectivity index (χ0) is 15.2. The van der Waals surface area contributed by atoms with Crippen LogP contribution in [0.1, 0.15) is 25.3 Å². The summed E-state index contributed by atoms with van der Waals surface area (Å²) in [5, 5.41) is 0.344. The van der Waals surface area contributed by atoms with Gasteiger partial charge in [0, 0.05) is 30.5 Å². The Morgan fingerprint density at radius 3 is 2.65 bits per heavy atom. The van der Waals surface area contributed by atoms with Crippen molar-refractivity contribution in [1.82, 2.24) is 4.72 Å². The van der Waals surface area contributed by atoms with E-state index < -0.39 is 10.0 Å². The summed E-state index contributed by atoms with van der Waals surface area (Å²) in [7, 11) is -3.58. The van der Waals surface area contributed by atoms with Crippen molar-refractivity contribution in [3.63, 3.8) is 0 Å². The number of nitrogens with one attached hydrogen (secondary N) is 1. The van der Waals surface area contributed by atoms with Gasteiger partial charge in [0.2, 0.25) is 10.0 Å². The molecule has 114 valence electrons. The number of ether oxygens (including phenoxy) is 1. The number of hydrogen-bond donors (Lipinski definition) is 2. The Kier molecular flexibility index (Phi) is 6.75. The van der Waals surface area contributed by atoms with Crippen molar-refractivity contribution in [3.8, 4) is 0 Å². The third-order valence-corrected chi connectivity index (χ3v) is 4.61. The number of rotatable bonds is 8. The summed E-state index contributed by atoms with van der Waals surface area (Å²) in [6.45, 7) is 5.31. The van der Waals surface area contributed by atoms with E-state index in [1.165, 1.54) is 12.1 Å². The summed E-state index contributed by atoms with van der Waals surface area (Å²) in [4.78, 5) is 0.0834. The van der Waals surface area contributed by atoms with E-state index in [2.05, 4.69) is 4.72 Å². The molecule has 1 rings (SSSR count). The molecule has 0 atom stereocenters. The Hall–Kier alpha value is -0.820. The maximum absolute atomic E-state index is 12.1. The Labute approximate surface area is 125 Å². The molecular formula is C13H21ClN2O3S. The Morgan fingerprint density at radius 1 is 1.35 bits per heavy atom. The number of nitrogens with two attached hydrogens (primary N) is 1. The SMILES string of the molecule is CCCOCCCNS(=O)(=O)c1cc(N)c(C)c(Cl)c1. The maximum atomic E-state index is 12.1. The van der Waals surface area contributed by atoms with Gasteiger partial charge >= 0.3 is 0 Å². The van der Waals surface area contributed by atoms with Crippen LogP contribution in [0.5, 0.6) is 0 Å². The third-order valence-electron chi connectivity index (χ3n) is 2.77. The van der Waals surface area contributed by atoms with Gasteiger partial charge in [-0.15, -0.1) is 0 Å². The van der Waals surface area contributed by atoms with Gasteiger partial charge in [-0.1, -0.05) is 18.5 Å². The first kappa shape index (κ1) is 17.2. The second-order valence-electron chi connectivity index (χ2n) is 4.48. The molecule has 3 N–H and O–H groups in total. The van der Waals surface area contributed by atoms with Crippen LogP contribution in [0.15, 0.2) is 17.0 Å². The molecule has 0 saturated carbocycles. The molecule has 0 saturated heterocycles. The van der Waals surface area contributed by atoms with Gasteiger partial charge in [0.25, 0.3) is 0 Å². The highest BCUT2D eigenvalue weighted by Gasteiger charge is 2.16. The Balaban J connectivity index is 2.61.